The monoisotopic (exact) mass is 503 g/mol. The summed E-state index contributed by atoms with van der Waals surface area (Å²) in [5.74, 6) is -1.99. The van der Waals surface area contributed by atoms with Gasteiger partial charge in [0.1, 0.15) is 5.82 Å². The van der Waals surface area contributed by atoms with Gasteiger partial charge < -0.3 is 9.67 Å². The molecule has 0 saturated heterocycles. The number of carboxylic acid groups (broad SMARTS) is 1. The van der Waals surface area contributed by atoms with Gasteiger partial charge in [-0.1, -0.05) is 34.8 Å². The quantitative estimate of drug-likeness (QED) is 0.484. The minimum atomic E-state index is -3.78. The van der Waals surface area contributed by atoms with E-state index in [4.69, 9.17) is 34.8 Å². The van der Waals surface area contributed by atoms with Crippen LogP contribution in [0.15, 0.2) is 29.2 Å². The Morgan fingerprint density at radius 1 is 1.16 bits per heavy atom. The average molecular weight is 505 g/mol. The number of hydrogen-bond donors (Lipinski definition) is 1. The molecule has 0 radical (unpaired) electrons. The fraction of sp³-hybridized carbons (Fsp3) is 0.286. The third-order valence-electron chi connectivity index (χ3n) is 5.61. The molecule has 2 aromatic carbocycles. The Hall–Kier alpha value is -1.80. The fourth-order valence-corrected chi connectivity index (χ4v) is 6.31. The number of halogens is 4. The van der Waals surface area contributed by atoms with Crippen molar-refractivity contribution in [2.75, 3.05) is 6.26 Å². The van der Waals surface area contributed by atoms with Crippen molar-refractivity contribution in [3.63, 3.8) is 0 Å². The smallest absolute Gasteiger partial charge is 0.304 e. The van der Waals surface area contributed by atoms with Gasteiger partial charge in [-0.25, -0.2) is 12.8 Å². The number of rotatable bonds is 5. The third-order valence-corrected chi connectivity index (χ3v) is 7.62. The molecule has 3 aromatic rings. The second kappa shape index (κ2) is 7.96. The molecule has 0 fully saturated rings. The second-order valence-corrected chi connectivity index (χ2v) is 10.9. The first-order valence-electron chi connectivity index (χ1n) is 9.37. The van der Waals surface area contributed by atoms with E-state index >= 15 is 0 Å². The van der Waals surface area contributed by atoms with E-state index in [9.17, 15) is 22.7 Å². The van der Waals surface area contributed by atoms with Crippen molar-refractivity contribution in [3.05, 3.63) is 62.0 Å². The number of aryl methyl sites for hydroxylation is 1. The zero-order chi connectivity index (χ0) is 22.7. The standard InChI is InChI=1S/C21H17Cl3FNO4S/c1-31(29,30)18-8-12(25)7-17-20(18)14(9-13-15(23)5-11(22)6-16(13)24)21-10(4-19(27)28)2-3-26(17)21/h5-8,10H,2-4,9H2,1H3,(H,27,28). The van der Waals surface area contributed by atoms with Crippen LogP contribution < -0.4 is 0 Å². The van der Waals surface area contributed by atoms with E-state index in [1.54, 1.807) is 0 Å². The van der Waals surface area contributed by atoms with Gasteiger partial charge in [-0.15, -0.1) is 0 Å². The van der Waals surface area contributed by atoms with Crippen LogP contribution in [0.3, 0.4) is 0 Å². The molecule has 31 heavy (non-hydrogen) atoms. The van der Waals surface area contributed by atoms with Gasteiger partial charge in [-0.3, -0.25) is 4.79 Å². The van der Waals surface area contributed by atoms with E-state index in [2.05, 4.69) is 0 Å². The largest absolute Gasteiger partial charge is 0.481 e. The molecule has 0 spiro atoms. The molecule has 0 saturated carbocycles. The highest BCUT2D eigenvalue weighted by Gasteiger charge is 2.34. The van der Waals surface area contributed by atoms with Gasteiger partial charge in [0.2, 0.25) is 0 Å². The zero-order valence-corrected chi connectivity index (χ0v) is 19.3. The zero-order valence-electron chi connectivity index (χ0n) is 16.3. The predicted octanol–water partition coefficient (Wildman–Crippen LogP) is 5.70. The summed E-state index contributed by atoms with van der Waals surface area (Å²) in [7, 11) is -3.78. The number of sulfone groups is 1. The van der Waals surface area contributed by atoms with Gasteiger partial charge >= 0.3 is 5.97 Å². The average Bonchev–Trinajstić information content (AvgIpc) is 3.15. The molecule has 1 N–H and O–H groups in total. The summed E-state index contributed by atoms with van der Waals surface area (Å²) in [4.78, 5) is 11.3. The molecule has 1 aromatic heterocycles. The molecule has 1 atom stereocenters. The van der Waals surface area contributed by atoms with Crippen molar-refractivity contribution in [1.82, 2.24) is 4.57 Å². The molecule has 0 amide bonds. The molecule has 1 aliphatic heterocycles. The molecule has 1 aliphatic rings. The summed E-state index contributed by atoms with van der Waals surface area (Å²) in [6, 6.07) is 5.35. The van der Waals surface area contributed by atoms with Gasteiger partial charge in [-0.05, 0) is 41.8 Å². The fourth-order valence-electron chi connectivity index (χ4n) is 4.43. The molecular weight excluding hydrogens is 488 g/mol. The molecule has 10 heteroatoms. The van der Waals surface area contributed by atoms with Crippen LogP contribution in [0.2, 0.25) is 15.1 Å². The van der Waals surface area contributed by atoms with Gasteiger partial charge in [0.25, 0.3) is 0 Å². The lowest BCUT2D eigenvalue weighted by molar-refractivity contribution is -0.137. The number of nitrogens with zero attached hydrogens (tertiary/aromatic N) is 1. The van der Waals surface area contributed by atoms with E-state index in [0.717, 1.165) is 12.3 Å². The maximum Gasteiger partial charge on any atom is 0.304 e. The Morgan fingerprint density at radius 2 is 1.81 bits per heavy atom. The van der Waals surface area contributed by atoms with Crippen LogP contribution in [0, 0.1) is 5.82 Å². The predicted molar refractivity (Wildman–Crippen MR) is 119 cm³/mol. The number of fused-ring (bicyclic) bond motifs is 3. The maximum absolute atomic E-state index is 14.4. The number of aromatic nitrogens is 1. The Labute approximate surface area is 193 Å². The lowest BCUT2D eigenvalue weighted by atomic mass is 9.92. The summed E-state index contributed by atoms with van der Waals surface area (Å²) >= 11 is 18.8. The highest BCUT2D eigenvalue weighted by Crippen LogP contribution is 2.44. The van der Waals surface area contributed by atoms with Crippen molar-refractivity contribution in [3.8, 4) is 0 Å². The van der Waals surface area contributed by atoms with Gasteiger partial charge in [-0.2, -0.15) is 0 Å². The van der Waals surface area contributed by atoms with E-state index in [0.29, 0.717) is 55.8 Å². The SMILES string of the molecule is CS(=O)(=O)c1cc(F)cc2c1c(Cc1c(Cl)cc(Cl)cc1Cl)c1n2CCC1CC(=O)O. The van der Waals surface area contributed by atoms with E-state index < -0.39 is 21.6 Å². The number of hydrogen-bond acceptors (Lipinski definition) is 3. The molecular formula is C21H17Cl3FNO4S. The van der Waals surface area contributed by atoms with Crippen LogP contribution in [0.25, 0.3) is 10.9 Å². The Bertz CT molecular complexity index is 1330. The Balaban J connectivity index is 2.06. The first-order chi connectivity index (χ1) is 14.5. The van der Waals surface area contributed by atoms with E-state index in [1.807, 2.05) is 4.57 Å². The van der Waals surface area contributed by atoms with Crippen LogP contribution in [0.5, 0.6) is 0 Å². The summed E-state index contributed by atoms with van der Waals surface area (Å²) in [5, 5.41) is 10.7. The lowest BCUT2D eigenvalue weighted by Gasteiger charge is -2.14. The number of carbonyl (C=O) groups is 1. The molecule has 5 nitrogen and oxygen atoms in total. The molecule has 0 aliphatic carbocycles. The molecule has 0 bridgehead atoms. The number of carboxylic acids is 1. The first-order valence-corrected chi connectivity index (χ1v) is 12.4. The summed E-state index contributed by atoms with van der Waals surface area (Å²) in [6.07, 6.45) is 1.60. The van der Waals surface area contributed by atoms with Crippen LogP contribution in [-0.4, -0.2) is 30.3 Å². The minimum absolute atomic E-state index is 0.123. The van der Waals surface area contributed by atoms with Crippen molar-refractivity contribution in [1.29, 1.82) is 0 Å². The van der Waals surface area contributed by atoms with Crippen molar-refractivity contribution in [2.24, 2.45) is 0 Å². The number of benzene rings is 2. The Kier molecular flexibility index (Phi) is 5.75. The molecule has 2 heterocycles. The van der Waals surface area contributed by atoms with Crippen LogP contribution in [0.4, 0.5) is 4.39 Å². The molecule has 4 rings (SSSR count). The number of aliphatic carboxylic acids is 1. The van der Waals surface area contributed by atoms with Crippen LogP contribution in [0.1, 0.15) is 35.6 Å². The minimum Gasteiger partial charge on any atom is -0.481 e. The van der Waals surface area contributed by atoms with Gasteiger partial charge in [0, 0.05) is 51.3 Å². The van der Waals surface area contributed by atoms with E-state index in [1.165, 1.54) is 18.2 Å². The lowest BCUT2D eigenvalue weighted by Crippen LogP contribution is -2.07. The summed E-state index contributed by atoms with van der Waals surface area (Å²) in [6.45, 7) is 0.457. The van der Waals surface area contributed by atoms with Crippen molar-refractivity contribution >= 4 is 61.5 Å². The summed E-state index contributed by atoms with van der Waals surface area (Å²) in [5.41, 5.74) is 2.22. The van der Waals surface area contributed by atoms with Gasteiger partial charge in [0.05, 0.1) is 16.8 Å². The van der Waals surface area contributed by atoms with E-state index in [-0.39, 0.29) is 23.7 Å². The van der Waals surface area contributed by atoms with Crippen molar-refractivity contribution < 1.29 is 22.7 Å². The first kappa shape index (κ1) is 22.4. The van der Waals surface area contributed by atoms with Crippen LogP contribution in [-0.2, 0) is 27.6 Å². The molecule has 1 unspecified atom stereocenters. The topological polar surface area (TPSA) is 76.4 Å². The Morgan fingerprint density at radius 3 is 2.39 bits per heavy atom. The normalized spacial score (nSPS) is 16.1. The van der Waals surface area contributed by atoms with Gasteiger partial charge in [0.15, 0.2) is 9.84 Å². The highest BCUT2D eigenvalue weighted by molar-refractivity contribution is 7.91. The van der Waals surface area contributed by atoms with Crippen LogP contribution >= 0.6 is 34.8 Å². The maximum atomic E-state index is 14.4. The highest BCUT2D eigenvalue weighted by atomic mass is 35.5. The third kappa shape index (κ3) is 4.04. The second-order valence-electron chi connectivity index (χ2n) is 7.69. The van der Waals surface area contributed by atoms with Crippen molar-refractivity contribution in [2.45, 2.75) is 36.6 Å². The molecule has 164 valence electrons. The summed E-state index contributed by atoms with van der Waals surface area (Å²) < 4.78 is 41.3.